The van der Waals surface area contributed by atoms with Gasteiger partial charge in [0.1, 0.15) is 6.04 Å². The molecule has 0 unspecified atom stereocenters. The molecule has 1 saturated heterocycles. The van der Waals surface area contributed by atoms with Crippen LogP contribution in [0.2, 0.25) is 0 Å². The summed E-state index contributed by atoms with van der Waals surface area (Å²) < 4.78 is 41.2. The van der Waals surface area contributed by atoms with Crippen molar-refractivity contribution in [2.75, 3.05) is 6.54 Å². The number of likely N-dealkylation sites (tertiary alicyclic amines) is 1. The molecule has 2 atom stereocenters. The van der Waals surface area contributed by atoms with Gasteiger partial charge in [-0.15, -0.1) is 0 Å². The van der Waals surface area contributed by atoms with Crippen molar-refractivity contribution in [2.45, 2.75) is 50.9 Å². The van der Waals surface area contributed by atoms with Crippen molar-refractivity contribution in [1.82, 2.24) is 20.0 Å². The van der Waals surface area contributed by atoms with Crippen LogP contribution in [-0.4, -0.2) is 51.3 Å². The van der Waals surface area contributed by atoms with E-state index in [2.05, 4.69) is 10.4 Å². The standard InChI is InChI=1S/C15H21F3N4O2/c1-10(23)20-12-4-5-13(15(16,17)18)22(9-12)14(24)6-3-11-7-19-21(2)8-11/h7-8,12-13H,3-6,9H2,1-2H3,(H,20,23)/t12-,13-/m0/s1. The zero-order valence-electron chi connectivity index (χ0n) is 13.6. The minimum Gasteiger partial charge on any atom is -0.352 e. The molecule has 1 N–H and O–H groups in total. The van der Waals surface area contributed by atoms with Crippen LogP contribution in [0.25, 0.3) is 0 Å². The molecule has 1 aromatic heterocycles. The van der Waals surface area contributed by atoms with E-state index in [0.29, 0.717) is 6.42 Å². The molecule has 2 rings (SSSR count). The molecule has 2 heterocycles. The molecular formula is C15H21F3N4O2. The summed E-state index contributed by atoms with van der Waals surface area (Å²) in [5.41, 5.74) is 0.796. The molecular weight excluding hydrogens is 325 g/mol. The molecule has 0 radical (unpaired) electrons. The van der Waals surface area contributed by atoms with Crippen molar-refractivity contribution in [3.8, 4) is 0 Å². The lowest BCUT2D eigenvalue weighted by Gasteiger charge is -2.40. The first kappa shape index (κ1) is 18.3. The summed E-state index contributed by atoms with van der Waals surface area (Å²) in [6.45, 7) is 1.19. The van der Waals surface area contributed by atoms with Crippen molar-refractivity contribution in [3.63, 3.8) is 0 Å². The van der Waals surface area contributed by atoms with Gasteiger partial charge < -0.3 is 10.2 Å². The fourth-order valence-electron chi connectivity index (χ4n) is 2.99. The van der Waals surface area contributed by atoms with E-state index in [0.717, 1.165) is 10.5 Å². The minimum atomic E-state index is -4.47. The predicted molar refractivity (Wildman–Crippen MR) is 79.9 cm³/mol. The summed E-state index contributed by atoms with van der Waals surface area (Å²) in [7, 11) is 1.73. The molecule has 1 aromatic rings. The van der Waals surface area contributed by atoms with Gasteiger partial charge in [-0.1, -0.05) is 0 Å². The van der Waals surface area contributed by atoms with Crippen molar-refractivity contribution in [3.05, 3.63) is 18.0 Å². The Hall–Kier alpha value is -2.06. The fraction of sp³-hybridized carbons (Fsp3) is 0.667. The van der Waals surface area contributed by atoms with Gasteiger partial charge in [-0.2, -0.15) is 18.3 Å². The number of amides is 2. The van der Waals surface area contributed by atoms with Crippen LogP contribution in [0.1, 0.15) is 31.7 Å². The number of piperidine rings is 1. The third kappa shape index (κ3) is 4.72. The number of halogens is 3. The molecule has 9 heteroatoms. The Balaban J connectivity index is 2.04. The van der Waals surface area contributed by atoms with Crippen molar-refractivity contribution >= 4 is 11.8 Å². The van der Waals surface area contributed by atoms with Crippen LogP contribution in [0, 0.1) is 0 Å². The number of rotatable bonds is 4. The van der Waals surface area contributed by atoms with Crippen molar-refractivity contribution < 1.29 is 22.8 Å². The van der Waals surface area contributed by atoms with Crippen molar-refractivity contribution in [1.29, 1.82) is 0 Å². The molecule has 0 bridgehead atoms. The molecule has 0 spiro atoms. The van der Waals surface area contributed by atoms with Gasteiger partial charge in [-0.25, -0.2) is 0 Å². The first-order valence-corrected chi connectivity index (χ1v) is 7.77. The summed E-state index contributed by atoms with van der Waals surface area (Å²) in [4.78, 5) is 24.3. The van der Waals surface area contributed by atoms with Gasteiger partial charge in [0.05, 0.1) is 6.20 Å². The number of carbonyl (C=O) groups is 2. The Labute approximate surface area is 138 Å². The van der Waals surface area contributed by atoms with Gasteiger partial charge in [-0.05, 0) is 24.8 Å². The number of hydrogen-bond donors (Lipinski definition) is 1. The van der Waals surface area contributed by atoms with E-state index in [1.165, 1.54) is 6.92 Å². The van der Waals surface area contributed by atoms with Crippen LogP contribution in [0.4, 0.5) is 13.2 Å². The van der Waals surface area contributed by atoms with Crippen LogP contribution in [0.5, 0.6) is 0 Å². The lowest BCUT2D eigenvalue weighted by molar-refractivity contribution is -0.197. The lowest BCUT2D eigenvalue weighted by Crippen LogP contribution is -2.58. The van der Waals surface area contributed by atoms with Gasteiger partial charge in [-0.3, -0.25) is 14.3 Å². The summed E-state index contributed by atoms with van der Waals surface area (Å²) in [6.07, 6.45) is -0.840. The highest BCUT2D eigenvalue weighted by molar-refractivity contribution is 5.77. The van der Waals surface area contributed by atoms with Gasteiger partial charge in [0.25, 0.3) is 0 Å². The highest BCUT2D eigenvalue weighted by Gasteiger charge is 2.47. The Kier molecular flexibility index (Phi) is 5.51. The zero-order chi connectivity index (χ0) is 17.9. The van der Waals surface area contributed by atoms with E-state index in [-0.39, 0.29) is 31.7 Å². The molecule has 1 fully saturated rings. The Morgan fingerprint density at radius 3 is 2.62 bits per heavy atom. The average Bonchev–Trinajstić information content (AvgIpc) is 2.88. The second kappa shape index (κ2) is 7.23. The second-order valence-electron chi connectivity index (χ2n) is 6.10. The number of alkyl halides is 3. The quantitative estimate of drug-likeness (QED) is 0.896. The monoisotopic (exact) mass is 346 g/mol. The molecule has 24 heavy (non-hydrogen) atoms. The number of carbonyl (C=O) groups excluding carboxylic acids is 2. The van der Waals surface area contributed by atoms with Crippen LogP contribution < -0.4 is 5.32 Å². The number of aromatic nitrogens is 2. The molecule has 1 aliphatic rings. The highest BCUT2D eigenvalue weighted by atomic mass is 19.4. The smallest absolute Gasteiger partial charge is 0.352 e. The largest absolute Gasteiger partial charge is 0.408 e. The third-order valence-electron chi connectivity index (χ3n) is 4.07. The van der Waals surface area contributed by atoms with E-state index in [1.807, 2.05) is 0 Å². The zero-order valence-corrected chi connectivity index (χ0v) is 13.6. The Morgan fingerprint density at radius 2 is 2.08 bits per heavy atom. The van der Waals surface area contributed by atoms with Crippen LogP contribution in [0.3, 0.4) is 0 Å². The van der Waals surface area contributed by atoms with E-state index in [1.54, 1.807) is 24.1 Å². The van der Waals surface area contributed by atoms with E-state index in [9.17, 15) is 22.8 Å². The third-order valence-corrected chi connectivity index (χ3v) is 4.07. The van der Waals surface area contributed by atoms with Gasteiger partial charge >= 0.3 is 6.18 Å². The molecule has 1 aliphatic heterocycles. The number of hydrogen-bond acceptors (Lipinski definition) is 3. The van der Waals surface area contributed by atoms with Crippen LogP contribution >= 0.6 is 0 Å². The second-order valence-corrected chi connectivity index (χ2v) is 6.10. The molecule has 0 aliphatic carbocycles. The van der Waals surface area contributed by atoms with E-state index in [4.69, 9.17) is 0 Å². The highest BCUT2D eigenvalue weighted by Crippen LogP contribution is 2.32. The first-order chi connectivity index (χ1) is 11.2. The maximum Gasteiger partial charge on any atom is 0.408 e. The number of nitrogens with one attached hydrogen (secondary N) is 1. The van der Waals surface area contributed by atoms with Gasteiger partial charge in [0.2, 0.25) is 11.8 Å². The Morgan fingerprint density at radius 1 is 1.38 bits per heavy atom. The molecule has 0 aromatic carbocycles. The van der Waals surface area contributed by atoms with Gasteiger partial charge in [0.15, 0.2) is 0 Å². The lowest BCUT2D eigenvalue weighted by atomic mass is 9.96. The van der Waals surface area contributed by atoms with Crippen LogP contribution in [-0.2, 0) is 23.1 Å². The SMILES string of the molecule is CC(=O)N[C@H]1CC[C@@H](C(F)(F)F)N(C(=O)CCc2cnn(C)c2)C1. The Bertz CT molecular complexity index is 600. The maximum atomic E-state index is 13.2. The van der Waals surface area contributed by atoms with E-state index < -0.39 is 24.2 Å². The minimum absolute atomic E-state index is 0.0228. The predicted octanol–water partition coefficient (Wildman–Crippen LogP) is 1.41. The summed E-state index contributed by atoms with van der Waals surface area (Å²) in [5.74, 6) is -0.871. The molecule has 6 nitrogen and oxygen atoms in total. The summed E-state index contributed by atoms with van der Waals surface area (Å²) in [6, 6.07) is -2.23. The summed E-state index contributed by atoms with van der Waals surface area (Å²) in [5, 5.41) is 6.57. The van der Waals surface area contributed by atoms with Gasteiger partial charge in [0, 0.05) is 39.2 Å². The summed E-state index contributed by atoms with van der Waals surface area (Å²) >= 11 is 0. The average molecular weight is 346 g/mol. The normalized spacial score (nSPS) is 21.6. The number of aryl methyl sites for hydroxylation is 2. The van der Waals surface area contributed by atoms with E-state index >= 15 is 0 Å². The molecule has 2 amide bonds. The molecule has 0 saturated carbocycles. The molecule has 134 valence electrons. The fourth-order valence-corrected chi connectivity index (χ4v) is 2.99. The van der Waals surface area contributed by atoms with Crippen molar-refractivity contribution in [2.24, 2.45) is 7.05 Å². The van der Waals surface area contributed by atoms with Crippen LogP contribution in [0.15, 0.2) is 12.4 Å². The topological polar surface area (TPSA) is 67.2 Å². The number of nitrogens with zero attached hydrogens (tertiary/aromatic N) is 3. The maximum absolute atomic E-state index is 13.2. The first-order valence-electron chi connectivity index (χ1n) is 7.77.